The summed E-state index contributed by atoms with van der Waals surface area (Å²) in [5, 5.41) is 1.97. The summed E-state index contributed by atoms with van der Waals surface area (Å²) in [5.41, 5.74) is 1.16. The molecule has 0 unspecified atom stereocenters. The molecule has 0 amide bonds. The van der Waals surface area contributed by atoms with Crippen molar-refractivity contribution in [3.8, 4) is 0 Å². The number of nitrogens with one attached hydrogen (secondary N) is 1. The minimum atomic E-state index is 0.0897. The summed E-state index contributed by atoms with van der Waals surface area (Å²) in [6.07, 6.45) is 5.16. The molecule has 0 atom stereocenters. The fraction of sp³-hybridized carbons (Fsp3) is 0.625. The summed E-state index contributed by atoms with van der Waals surface area (Å²) < 4.78 is 0. The Morgan fingerprint density at radius 1 is 1.45 bits per heavy atom. The van der Waals surface area contributed by atoms with Crippen molar-refractivity contribution < 1.29 is 0 Å². The summed E-state index contributed by atoms with van der Waals surface area (Å²) in [6, 6.07) is 0. The van der Waals surface area contributed by atoms with Gasteiger partial charge in [0, 0.05) is 11.1 Å². The van der Waals surface area contributed by atoms with Gasteiger partial charge in [-0.05, 0) is 18.8 Å². The van der Waals surface area contributed by atoms with E-state index in [0.29, 0.717) is 5.92 Å². The van der Waals surface area contributed by atoms with Crippen LogP contribution < -0.4 is 4.87 Å². The fourth-order valence-electron chi connectivity index (χ4n) is 1.73. The lowest BCUT2D eigenvalue weighted by atomic mass is 10.1. The zero-order valence-corrected chi connectivity index (χ0v) is 7.12. The number of H-pyrrole nitrogens is 1. The Kier molecular flexibility index (Phi) is 1.82. The third kappa shape index (κ3) is 1.38. The molecule has 0 radical (unpaired) electrons. The van der Waals surface area contributed by atoms with Gasteiger partial charge in [0.25, 0.3) is 0 Å². The van der Waals surface area contributed by atoms with Gasteiger partial charge in [0.15, 0.2) is 0 Å². The van der Waals surface area contributed by atoms with E-state index >= 15 is 0 Å². The first kappa shape index (κ1) is 7.10. The SMILES string of the molecule is O=c1[nH]c(C2CCCC2)cs1. The number of aromatic amines is 1. The highest BCUT2D eigenvalue weighted by atomic mass is 32.1. The summed E-state index contributed by atoms with van der Waals surface area (Å²) in [5.74, 6) is 0.647. The molecule has 0 aromatic carbocycles. The van der Waals surface area contributed by atoms with E-state index in [1.54, 1.807) is 0 Å². The molecule has 60 valence electrons. The topological polar surface area (TPSA) is 32.9 Å². The minimum Gasteiger partial charge on any atom is -0.316 e. The lowest BCUT2D eigenvalue weighted by Gasteiger charge is -2.02. The molecule has 1 aliphatic rings. The van der Waals surface area contributed by atoms with Crippen molar-refractivity contribution >= 4 is 11.3 Å². The lowest BCUT2D eigenvalue weighted by molar-refractivity contribution is 0.701. The van der Waals surface area contributed by atoms with Gasteiger partial charge in [-0.15, -0.1) is 0 Å². The molecule has 2 rings (SSSR count). The summed E-state index contributed by atoms with van der Waals surface area (Å²) >= 11 is 1.28. The Morgan fingerprint density at radius 2 is 2.18 bits per heavy atom. The van der Waals surface area contributed by atoms with Crippen LogP contribution in [0.4, 0.5) is 0 Å². The largest absolute Gasteiger partial charge is 0.316 e. The van der Waals surface area contributed by atoms with Gasteiger partial charge in [-0.1, -0.05) is 24.2 Å². The first-order chi connectivity index (χ1) is 5.36. The molecule has 1 aromatic heterocycles. The third-order valence-corrected chi connectivity index (χ3v) is 3.02. The zero-order valence-electron chi connectivity index (χ0n) is 6.30. The normalized spacial score (nSPS) is 19.3. The maximum absolute atomic E-state index is 10.8. The van der Waals surface area contributed by atoms with Gasteiger partial charge >= 0.3 is 4.87 Å². The molecule has 0 aliphatic heterocycles. The van der Waals surface area contributed by atoms with Crippen LogP contribution in [0.3, 0.4) is 0 Å². The molecule has 11 heavy (non-hydrogen) atoms. The van der Waals surface area contributed by atoms with Crippen LogP contribution in [0.1, 0.15) is 37.3 Å². The first-order valence-electron chi connectivity index (χ1n) is 4.04. The van der Waals surface area contributed by atoms with Gasteiger partial charge in [0.1, 0.15) is 0 Å². The molecule has 0 saturated heterocycles. The molecule has 1 saturated carbocycles. The number of thiazole rings is 1. The first-order valence-corrected chi connectivity index (χ1v) is 4.92. The van der Waals surface area contributed by atoms with Crippen molar-refractivity contribution in [2.45, 2.75) is 31.6 Å². The van der Waals surface area contributed by atoms with E-state index in [0.717, 1.165) is 5.69 Å². The smallest absolute Gasteiger partial charge is 0.304 e. The average molecular weight is 169 g/mol. The molecule has 1 N–H and O–H groups in total. The second kappa shape index (κ2) is 2.81. The van der Waals surface area contributed by atoms with Gasteiger partial charge in [0.2, 0.25) is 0 Å². The highest BCUT2D eigenvalue weighted by Crippen LogP contribution is 2.32. The molecule has 1 aromatic rings. The minimum absolute atomic E-state index is 0.0897. The predicted octanol–water partition coefficient (Wildman–Crippen LogP) is 2.09. The van der Waals surface area contributed by atoms with Crippen molar-refractivity contribution in [3.63, 3.8) is 0 Å². The lowest BCUT2D eigenvalue weighted by Crippen LogP contribution is -1.98. The standard InChI is InChI=1S/C8H11NOS/c10-8-9-7(5-11-8)6-3-1-2-4-6/h5-6H,1-4H2,(H,9,10). The highest BCUT2D eigenvalue weighted by molar-refractivity contribution is 7.07. The summed E-state index contributed by atoms with van der Waals surface area (Å²) in [6.45, 7) is 0. The van der Waals surface area contributed by atoms with E-state index in [-0.39, 0.29) is 4.87 Å². The molecule has 1 aliphatic carbocycles. The van der Waals surface area contributed by atoms with Crippen LogP contribution >= 0.6 is 11.3 Å². The van der Waals surface area contributed by atoms with Crippen molar-refractivity contribution in [2.75, 3.05) is 0 Å². The Morgan fingerprint density at radius 3 is 2.73 bits per heavy atom. The quantitative estimate of drug-likeness (QED) is 0.686. The monoisotopic (exact) mass is 169 g/mol. The molecule has 1 fully saturated rings. The highest BCUT2D eigenvalue weighted by Gasteiger charge is 2.17. The Bertz CT molecular complexity index is 282. The number of hydrogen-bond acceptors (Lipinski definition) is 2. The van der Waals surface area contributed by atoms with Gasteiger partial charge in [-0.2, -0.15) is 0 Å². The second-order valence-corrected chi connectivity index (χ2v) is 3.93. The molecule has 1 heterocycles. The van der Waals surface area contributed by atoms with Crippen LogP contribution in [0.2, 0.25) is 0 Å². The summed E-state index contributed by atoms with van der Waals surface area (Å²) in [7, 11) is 0. The molecular formula is C8H11NOS. The van der Waals surface area contributed by atoms with E-state index in [1.807, 2.05) is 5.38 Å². The van der Waals surface area contributed by atoms with Crippen LogP contribution in [0.25, 0.3) is 0 Å². The number of hydrogen-bond donors (Lipinski definition) is 1. The molecule has 0 bridgehead atoms. The fourth-order valence-corrected chi connectivity index (χ4v) is 2.39. The van der Waals surface area contributed by atoms with Crippen LogP contribution in [0.5, 0.6) is 0 Å². The van der Waals surface area contributed by atoms with Crippen molar-refractivity contribution in [1.29, 1.82) is 0 Å². The van der Waals surface area contributed by atoms with Crippen molar-refractivity contribution in [3.05, 3.63) is 20.7 Å². The van der Waals surface area contributed by atoms with E-state index in [4.69, 9.17) is 0 Å². The molecule has 0 spiro atoms. The van der Waals surface area contributed by atoms with Crippen molar-refractivity contribution in [1.82, 2.24) is 4.98 Å². The van der Waals surface area contributed by atoms with E-state index in [2.05, 4.69) is 4.98 Å². The Labute approximate surface area is 69.3 Å². The molecule has 2 nitrogen and oxygen atoms in total. The molecule has 3 heteroatoms. The van der Waals surface area contributed by atoms with E-state index in [1.165, 1.54) is 37.0 Å². The van der Waals surface area contributed by atoms with Crippen LogP contribution in [-0.4, -0.2) is 4.98 Å². The Hall–Kier alpha value is -0.570. The summed E-state index contributed by atoms with van der Waals surface area (Å²) in [4.78, 5) is 13.8. The van der Waals surface area contributed by atoms with Crippen LogP contribution in [0.15, 0.2) is 10.2 Å². The third-order valence-electron chi connectivity index (χ3n) is 2.33. The second-order valence-electron chi connectivity index (χ2n) is 3.08. The van der Waals surface area contributed by atoms with Gasteiger partial charge < -0.3 is 4.98 Å². The zero-order chi connectivity index (χ0) is 7.68. The van der Waals surface area contributed by atoms with Gasteiger partial charge in [-0.25, -0.2) is 0 Å². The van der Waals surface area contributed by atoms with Crippen molar-refractivity contribution in [2.24, 2.45) is 0 Å². The van der Waals surface area contributed by atoms with E-state index < -0.39 is 0 Å². The maximum atomic E-state index is 10.8. The average Bonchev–Trinajstić information content (AvgIpc) is 2.55. The van der Waals surface area contributed by atoms with Gasteiger partial charge in [0.05, 0.1) is 0 Å². The van der Waals surface area contributed by atoms with E-state index in [9.17, 15) is 4.79 Å². The van der Waals surface area contributed by atoms with Crippen LogP contribution in [0, 0.1) is 0 Å². The Balaban J connectivity index is 2.21. The number of aromatic nitrogens is 1. The van der Waals surface area contributed by atoms with Gasteiger partial charge in [-0.3, -0.25) is 4.79 Å². The number of rotatable bonds is 1. The van der Waals surface area contributed by atoms with Crippen LogP contribution in [-0.2, 0) is 0 Å². The predicted molar refractivity (Wildman–Crippen MR) is 46.1 cm³/mol. The molecular weight excluding hydrogens is 158 g/mol. The maximum Gasteiger partial charge on any atom is 0.304 e.